The summed E-state index contributed by atoms with van der Waals surface area (Å²) in [6.07, 6.45) is 5.79. The Morgan fingerprint density at radius 1 is 1.24 bits per heavy atom. The molecule has 98 valence electrons. The minimum absolute atomic E-state index is 0.0486. The first-order valence-electron chi connectivity index (χ1n) is 6.28. The molecule has 0 bridgehead atoms. The van der Waals surface area contributed by atoms with Crippen LogP contribution in [0.5, 0.6) is 0 Å². The fourth-order valence-corrected chi connectivity index (χ4v) is 1.59. The van der Waals surface area contributed by atoms with E-state index in [1.54, 1.807) is 13.0 Å². The first-order valence-corrected chi connectivity index (χ1v) is 6.28. The number of ketones is 2. The number of carbonyl (C=O) groups excluding carboxylic acids is 2. The van der Waals surface area contributed by atoms with Crippen molar-refractivity contribution >= 4 is 11.6 Å². The van der Waals surface area contributed by atoms with Crippen LogP contribution in [-0.4, -0.2) is 23.3 Å². The Hall–Kier alpha value is -0.960. The quantitative estimate of drug-likeness (QED) is 0.630. The van der Waals surface area contributed by atoms with E-state index in [9.17, 15) is 9.59 Å². The summed E-state index contributed by atoms with van der Waals surface area (Å²) in [7, 11) is 0. The van der Waals surface area contributed by atoms with Crippen LogP contribution >= 0.6 is 0 Å². The zero-order valence-electron chi connectivity index (χ0n) is 11.1. The lowest BCUT2D eigenvalue weighted by Crippen LogP contribution is -2.08. The number of rotatable bonds is 9. The van der Waals surface area contributed by atoms with Crippen LogP contribution in [0.4, 0.5) is 0 Å². The van der Waals surface area contributed by atoms with E-state index in [2.05, 4.69) is 13.8 Å². The Labute approximate surface area is 104 Å². The van der Waals surface area contributed by atoms with Gasteiger partial charge in [0.1, 0.15) is 5.78 Å². The summed E-state index contributed by atoms with van der Waals surface area (Å²) in [6, 6.07) is 0. The Morgan fingerprint density at radius 3 is 2.35 bits per heavy atom. The zero-order chi connectivity index (χ0) is 13.3. The van der Waals surface area contributed by atoms with Gasteiger partial charge in [-0.15, -0.1) is 0 Å². The first-order chi connectivity index (χ1) is 7.97. The molecule has 1 N–H and O–H groups in total. The molecule has 3 nitrogen and oxygen atoms in total. The highest BCUT2D eigenvalue weighted by Crippen LogP contribution is 2.19. The molecule has 0 aromatic heterocycles. The largest absolute Gasteiger partial charge is 0.396 e. The lowest BCUT2D eigenvalue weighted by atomic mass is 9.90. The van der Waals surface area contributed by atoms with Crippen molar-refractivity contribution in [3.8, 4) is 0 Å². The van der Waals surface area contributed by atoms with E-state index in [1.807, 2.05) is 6.08 Å². The number of Topliss-reactive ketones (excluding diaryl/α,β-unsaturated/α-hetero) is 1. The third kappa shape index (κ3) is 8.81. The van der Waals surface area contributed by atoms with Crippen molar-refractivity contribution in [1.82, 2.24) is 0 Å². The van der Waals surface area contributed by atoms with Crippen molar-refractivity contribution in [2.24, 2.45) is 11.8 Å². The third-order valence-corrected chi connectivity index (χ3v) is 2.80. The van der Waals surface area contributed by atoms with E-state index >= 15 is 0 Å². The molecule has 3 heteroatoms. The molecule has 0 saturated heterocycles. The average Bonchev–Trinajstić information content (AvgIpc) is 2.25. The molecule has 0 aromatic carbocycles. The van der Waals surface area contributed by atoms with Gasteiger partial charge in [0, 0.05) is 19.4 Å². The highest BCUT2D eigenvalue weighted by molar-refractivity contribution is 5.89. The monoisotopic (exact) mass is 240 g/mol. The van der Waals surface area contributed by atoms with E-state index in [1.165, 1.54) is 0 Å². The standard InChI is InChI=1S/C14H24O3/c1-11(2)13(7-6-12(3)16)8-9-14(17)5-4-10-15/h8-9,11,13,15H,4-7,10H2,1-3H3/b9-8+/t13-/m1/s1. The van der Waals surface area contributed by atoms with Crippen LogP contribution in [0, 0.1) is 11.8 Å². The Kier molecular flexibility index (Phi) is 8.60. The van der Waals surface area contributed by atoms with E-state index in [-0.39, 0.29) is 24.1 Å². The lowest BCUT2D eigenvalue weighted by Gasteiger charge is -2.15. The van der Waals surface area contributed by atoms with Gasteiger partial charge in [-0.25, -0.2) is 0 Å². The fourth-order valence-electron chi connectivity index (χ4n) is 1.59. The topological polar surface area (TPSA) is 54.4 Å². The van der Waals surface area contributed by atoms with Crippen molar-refractivity contribution in [2.45, 2.75) is 46.5 Å². The van der Waals surface area contributed by atoms with Crippen LogP contribution in [0.3, 0.4) is 0 Å². The van der Waals surface area contributed by atoms with Crippen molar-refractivity contribution in [3.63, 3.8) is 0 Å². The molecule has 0 heterocycles. The number of allylic oxidation sites excluding steroid dienone is 2. The van der Waals surface area contributed by atoms with Gasteiger partial charge in [-0.3, -0.25) is 4.79 Å². The molecular weight excluding hydrogens is 216 g/mol. The molecule has 0 aromatic rings. The summed E-state index contributed by atoms with van der Waals surface area (Å²) in [5.41, 5.74) is 0. The molecule has 0 aliphatic rings. The van der Waals surface area contributed by atoms with E-state index in [4.69, 9.17) is 5.11 Å². The molecule has 0 aliphatic heterocycles. The molecule has 0 saturated carbocycles. The maximum Gasteiger partial charge on any atom is 0.155 e. The summed E-state index contributed by atoms with van der Waals surface area (Å²) in [5.74, 6) is 0.941. The summed E-state index contributed by atoms with van der Waals surface area (Å²) in [6.45, 7) is 5.83. The van der Waals surface area contributed by atoms with Crippen molar-refractivity contribution in [2.75, 3.05) is 6.61 Å². The Morgan fingerprint density at radius 2 is 1.88 bits per heavy atom. The lowest BCUT2D eigenvalue weighted by molar-refractivity contribution is -0.117. The Bertz CT molecular complexity index is 267. The molecule has 0 fully saturated rings. The van der Waals surface area contributed by atoms with Gasteiger partial charge in [0.05, 0.1) is 0 Å². The van der Waals surface area contributed by atoms with E-state index < -0.39 is 0 Å². The summed E-state index contributed by atoms with van der Waals surface area (Å²) in [4.78, 5) is 22.3. The Balaban J connectivity index is 4.18. The van der Waals surface area contributed by atoms with Gasteiger partial charge < -0.3 is 9.90 Å². The second-order valence-electron chi connectivity index (χ2n) is 4.80. The predicted molar refractivity (Wildman–Crippen MR) is 68.7 cm³/mol. The molecular formula is C14H24O3. The van der Waals surface area contributed by atoms with Crippen LogP contribution in [-0.2, 0) is 9.59 Å². The van der Waals surface area contributed by atoms with Crippen LogP contribution in [0.2, 0.25) is 0 Å². The number of hydrogen-bond donors (Lipinski definition) is 1. The molecule has 0 unspecified atom stereocenters. The molecule has 0 amide bonds. The SMILES string of the molecule is CC(=O)CC[C@H](/C=C/C(=O)CCCO)C(C)C. The molecule has 17 heavy (non-hydrogen) atoms. The highest BCUT2D eigenvalue weighted by Gasteiger charge is 2.11. The van der Waals surface area contributed by atoms with Gasteiger partial charge in [-0.05, 0) is 37.7 Å². The maximum atomic E-state index is 11.4. The summed E-state index contributed by atoms with van der Waals surface area (Å²) in [5, 5.41) is 8.61. The third-order valence-electron chi connectivity index (χ3n) is 2.80. The molecule has 0 aliphatic carbocycles. The highest BCUT2D eigenvalue weighted by atomic mass is 16.3. The van der Waals surface area contributed by atoms with Gasteiger partial charge in [-0.2, -0.15) is 0 Å². The first kappa shape index (κ1) is 16.0. The van der Waals surface area contributed by atoms with Crippen molar-refractivity contribution in [3.05, 3.63) is 12.2 Å². The average molecular weight is 240 g/mol. The van der Waals surface area contributed by atoms with Crippen LogP contribution < -0.4 is 0 Å². The fraction of sp³-hybridized carbons (Fsp3) is 0.714. The van der Waals surface area contributed by atoms with E-state index in [0.717, 1.165) is 6.42 Å². The molecule has 0 spiro atoms. The van der Waals surface area contributed by atoms with Gasteiger partial charge in [-0.1, -0.05) is 19.9 Å². The minimum atomic E-state index is 0.0486. The number of aliphatic hydroxyl groups is 1. The second-order valence-corrected chi connectivity index (χ2v) is 4.80. The van der Waals surface area contributed by atoms with Gasteiger partial charge in [0.2, 0.25) is 0 Å². The normalized spacial score (nSPS) is 13.2. The smallest absolute Gasteiger partial charge is 0.155 e. The van der Waals surface area contributed by atoms with E-state index in [0.29, 0.717) is 25.2 Å². The summed E-state index contributed by atoms with van der Waals surface area (Å²) < 4.78 is 0. The van der Waals surface area contributed by atoms with Gasteiger partial charge in [0.25, 0.3) is 0 Å². The molecule has 1 atom stereocenters. The number of aliphatic hydroxyl groups excluding tert-OH is 1. The molecule has 0 rings (SSSR count). The van der Waals surface area contributed by atoms with Crippen LogP contribution in [0.1, 0.15) is 46.5 Å². The number of carbonyl (C=O) groups is 2. The van der Waals surface area contributed by atoms with Crippen molar-refractivity contribution in [1.29, 1.82) is 0 Å². The number of hydrogen-bond acceptors (Lipinski definition) is 3. The van der Waals surface area contributed by atoms with Gasteiger partial charge >= 0.3 is 0 Å². The minimum Gasteiger partial charge on any atom is -0.396 e. The van der Waals surface area contributed by atoms with Crippen molar-refractivity contribution < 1.29 is 14.7 Å². The summed E-state index contributed by atoms with van der Waals surface area (Å²) >= 11 is 0. The van der Waals surface area contributed by atoms with Crippen LogP contribution in [0.25, 0.3) is 0 Å². The second kappa shape index (κ2) is 9.11. The van der Waals surface area contributed by atoms with Gasteiger partial charge in [0.15, 0.2) is 5.78 Å². The molecule has 0 radical (unpaired) electrons. The predicted octanol–water partition coefficient (Wildman–Crippen LogP) is 2.53. The maximum absolute atomic E-state index is 11.4. The van der Waals surface area contributed by atoms with Crippen LogP contribution in [0.15, 0.2) is 12.2 Å². The zero-order valence-corrected chi connectivity index (χ0v) is 11.1.